The van der Waals surface area contributed by atoms with Gasteiger partial charge in [-0.15, -0.1) is 0 Å². The number of nitrogens with zero attached hydrogens (tertiary/aromatic N) is 4. The molecule has 2 heterocycles. The first-order valence-electron chi connectivity index (χ1n) is 12.1. The molecule has 0 saturated carbocycles. The van der Waals surface area contributed by atoms with Crippen molar-refractivity contribution in [3.05, 3.63) is 101 Å². The fraction of sp³-hybridized carbons (Fsp3) is 0.172. The SMILES string of the molecule is CCc1ccc(F)c(C(Nc2ccc3c(N)nccc3c2)c2nc(-c3cccc(C(C)=O)c3)nn2C)c1. The Kier molecular flexibility index (Phi) is 6.40. The van der Waals surface area contributed by atoms with Crippen LogP contribution in [0.3, 0.4) is 0 Å². The number of nitrogen functional groups attached to an aromatic ring is 1. The number of carbonyl (C=O) groups excluding carboxylic acids is 1. The Hall–Kier alpha value is -4.59. The molecule has 0 spiro atoms. The van der Waals surface area contributed by atoms with Crippen molar-refractivity contribution in [3.8, 4) is 11.4 Å². The van der Waals surface area contributed by atoms with E-state index >= 15 is 4.39 Å². The summed E-state index contributed by atoms with van der Waals surface area (Å²) < 4.78 is 16.9. The fourth-order valence-corrected chi connectivity index (χ4v) is 4.42. The molecule has 2 aromatic heterocycles. The first kappa shape index (κ1) is 24.1. The first-order valence-corrected chi connectivity index (χ1v) is 12.1. The van der Waals surface area contributed by atoms with Crippen LogP contribution in [0.1, 0.15) is 47.2 Å². The minimum atomic E-state index is -0.634. The Bertz CT molecular complexity index is 1630. The second kappa shape index (κ2) is 9.81. The maximum atomic E-state index is 15.3. The van der Waals surface area contributed by atoms with Crippen LogP contribution in [-0.4, -0.2) is 25.5 Å². The van der Waals surface area contributed by atoms with Crippen LogP contribution in [0.25, 0.3) is 22.2 Å². The summed E-state index contributed by atoms with van der Waals surface area (Å²) in [5, 5.41) is 9.84. The molecule has 0 aliphatic heterocycles. The van der Waals surface area contributed by atoms with E-state index < -0.39 is 6.04 Å². The van der Waals surface area contributed by atoms with Gasteiger partial charge in [0, 0.05) is 41.0 Å². The zero-order chi connectivity index (χ0) is 26.1. The Balaban J connectivity index is 1.62. The quantitative estimate of drug-likeness (QED) is 0.281. The maximum absolute atomic E-state index is 15.3. The van der Waals surface area contributed by atoms with Gasteiger partial charge in [-0.05, 0) is 60.7 Å². The molecule has 0 aliphatic carbocycles. The highest BCUT2D eigenvalue weighted by molar-refractivity contribution is 5.95. The third kappa shape index (κ3) is 4.78. The molecule has 7 nitrogen and oxygen atoms in total. The number of aromatic nitrogens is 4. The molecule has 37 heavy (non-hydrogen) atoms. The van der Waals surface area contributed by atoms with Gasteiger partial charge in [-0.3, -0.25) is 9.48 Å². The number of benzene rings is 3. The van der Waals surface area contributed by atoms with Gasteiger partial charge in [-0.1, -0.05) is 37.3 Å². The number of nitrogens with one attached hydrogen (secondary N) is 1. The second-order valence-corrected chi connectivity index (χ2v) is 8.97. The molecule has 0 fully saturated rings. The number of anilines is 2. The molecule has 3 aromatic carbocycles. The van der Waals surface area contributed by atoms with Crippen LogP contribution in [0.15, 0.2) is 72.9 Å². The zero-order valence-corrected chi connectivity index (χ0v) is 20.9. The summed E-state index contributed by atoms with van der Waals surface area (Å²) in [5.41, 5.74) is 9.56. The molecule has 1 unspecified atom stereocenters. The lowest BCUT2D eigenvalue weighted by Crippen LogP contribution is -2.19. The van der Waals surface area contributed by atoms with Crippen molar-refractivity contribution >= 4 is 28.1 Å². The highest BCUT2D eigenvalue weighted by atomic mass is 19.1. The van der Waals surface area contributed by atoms with Crippen molar-refractivity contribution in [2.75, 3.05) is 11.1 Å². The van der Waals surface area contributed by atoms with E-state index in [1.165, 1.54) is 13.0 Å². The molecular weight excluding hydrogens is 467 g/mol. The molecular formula is C29H27FN6O. The van der Waals surface area contributed by atoms with E-state index in [-0.39, 0.29) is 11.6 Å². The summed E-state index contributed by atoms with van der Waals surface area (Å²) in [6.07, 6.45) is 2.43. The minimum absolute atomic E-state index is 0.0388. The Morgan fingerprint density at radius 1 is 1.11 bits per heavy atom. The summed E-state index contributed by atoms with van der Waals surface area (Å²) >= 11 is 0. The van der Waals surface area contributed by atoms with Gasteiger partial charge < -0.3 is 11.1 Å². The number of nitrogens with two attached hydrogens (primary N) is 1. The Morgan fingerprint density at radius 3 is 2.73 bits per heavy atom. The predicted octanol–water partition coefficient (Wildman–Crippen LogP) is 5.72. The molecule has 0 aliphatic rings. The van der Waals surface area contributed by atoms with Gasteiger partial charge in [-0.25, -0.2) is 14.4 Å². The maximum Gasteiger partial charge on any atom is 0.181 e. The van der Waals surface area contributed by atoms with Crippen LogP contribution in [0.5, 0.6) is 0 Å². The summed E-state index contributed by atoms with van der Waals surface area (Å²) in [7, 11) is 1.78. The lowest BCUT2D eigenvalue weighted by Gasteiger charge is -2.21. The van der Waals surface area contributed by atoms with E-state index in [4.69, 9.17) is 10.7 Å². The van der Waals surface area contributed by atoms with Gasteiger partial charge in [0.2, 0.25) is 0 Å². The van der Waals surface area contributed by atoms with Crippen molar-refractivity contribution in [2.45, 2.75) is 26.3 Å². The largest absolute Gasteiger partial charge is 0.383 e. The molecule has 0 amide bonds. The van der Waals surface area contributed by atoms with E-state index in [2.05, 4.69) is 15.4 Å². The molecule has 5 aromatic rings. The van der Waals surface area contributed by atoms with Crippen LogP contribution < -0.4 is 11.1 Å². The lowest BCUT2D eigenvalue weighted by atomic mass is 10.0. The van der Waals surface area contributed by atoms with E-state index in [0.717, 1.165) is 28.4 Å². The fourth-order valence-electron chi connectivity index (χ4n) is 4.42. The predicted molar refractivity (Wildman–Crippen MR) is 144 cm³/mol. The van der Waals surface area contributed by atoms with Crippen molar-refractivity contribution in [1.29, 1.82) is 0 Å². The number of aryl methyl sites for hydroxylation is 2. The number of hydrogen-bond acceptors (Lipinski definition) is 6. The summed E-state index contributed by atoms with van der Waals surface area (Å²) in [6.45, 7) is 3.55. The van der Waals surface area contributed by atoms with Crippen LogP contribution in [0.2, 0.25) is 0 Å². The number of hydrogen-bond donors (Lipinski definition) is 2. The molecule has 0 bridgehead atoms. The monoisotopic (exact) mass is 494 g/mol. The molecule has 8 heteroatoms. The summed E-state index contributed by atoms with van der Waals surface area (Å²) in [6, 6.07) is 19.3. The van der Waals surface area contributed by atoms with Gasteiger partial charge in [0.25, 0.3) is 0 Å². The standard InChI is InChI=1S/C29H27FN6O/c1-4-18-8-11-25(30)24(14-18)26(33-22-9-10-23-20(16-22)12-13-32-27(23)31)29-34-28(35-36(29)3)21-7-5-6-19(15-21)17(2)37/h5-16,26,33H,4H2,1-3H3,(H2,31,32). The molecule has 1 atom stereocenters. The van der Waals surface area contributed by atoms with Gasteiger partial charge in [0.15, 0.2) is 17.4 Å². The number of pyridine rings is 1. The highest BCUT2D eigenvalue weighted by Gasteiger charge is 2.25. The van der Waals surface area contributed by atoms with E-state index in [1.54, 1.807) is 42.2 Å². The molecule has 3 N–H and O–H groups in total. The van der Waals surface area contributed by atoms with E-state index in [0.29, 0.717) is 34.2 Å². The molecule has 186 valence electrons. The van der Waals surface area contributed by atoms with Gasteiger partial charge in [-0.2, -0.15) is 5.10 Å². The average Bonchev–Trinajstić information content (AvgIpc) is 3.29. The van der Waals surface area contributed by atoms with Crippen molar-refractivity contribution in [1.82, 2.24) is 19.7 Å². The highest BCUT2D eigenvalue weighted by Crippen LogP contribution is 2.32. The van der Waals surface area contributed by atoms with Crippen LogP contribution in [0, 0.1) is 5.82 Å². The lowest BCUT2D eigenvalue weighted by molar-refractivity contribution is 0.101. The minimum Gasteiger partial charge on any atom is -0.383 e. The summed E-state index contributed by atoms with van der Waals surface area (Å²) in [4.78, 5) is 20.9. The Morgan fingerprint density at radius 2 is 1.95 bits per heavy atom. The number of halogens is 1. The third-order valence-electron chi connectivity index (χ3n) is 6.47. The number of ketones is 1. The Labute approximate surface area is 214 Å². The zero-order valence-electron chi connectivity index (χ0n) is 20.9. The molecule has 0 radical (unpaired) electrons. The smallest absolute Gasteiger partial charge is 0.181 e. The van der Waals surface area contributed by atoms with E-state index in [9.17, 15) is 4.79 Å². The van der Waals surface area contributed by atoms with Crippen LogP contribution in [-0.2, 0) is 13.5 Å². The number of fused-ring (bicyclic) bond motifs is 1. The average molecular weight is 495 g/mol. The van der Waals surface area contributed by atoms with Gasteiger partial charge in [0.1, 0.15) is 17.7 Å². The first-order chi connectivity index (χ1) is 17.8. The number of carbonyl (C=O) groups is 1. The van der Waals surface area contributed by atoms with Crippen LogP contribution >= 0.6 is 0 Å². The van der Waals surface area contributed by atoms with Crippen molar-refractivity contribution < 1.29 is 9.18 Å². The van der Waals surface area contributed by atoms with Crippen molar-refractivity contribution in [3.63, 3.8) is 0 Å². The topological polar surface area (TPSA) is 98.7 Å². The van der Waals surface area contributed by atoms with E-state index in [1.807, 2.05) is 43.3 Å². The van der Waals surface area contributed by atoms with Crippen molar-refractivity contribution in [2.24, 2.45) is 7.05 Å². The second-order valence-electron chi connectivity index (χ2n) is 8.97. The number of Topliss-reactive ketones (excluding diaryl/α,β-unsaturated/α-hetero) is 1. The van der Waals surface area contributed by atoms with Gasteiger partial charge in [0.05, 0.1) is 0 Å². The normalized spacial score (nSPS) is 12.0. The molecule has 0 saturated heterocycles. The van der Waals surface area contributed by atoms with Gasteiger partial charge >= 0.3 is 0 Å². The third-order valence-corrected chi connectivity index (χ3v) is 6.47. The molecule has 5 rings (SSSR count). The summed E-state index contributed by atoms with van der Waals surface area (Å²) in [5.74, 6) is 1.06. The number of rotatable bonds is 7. The van der Waals surface area contributed by atoms with Crippen LogP contribution in [0.4, 0.5) is 15.9 Å².